The highest BCUT2D eigenvalue weighted by Gasteiger charge is 2.02. The van der Waals surface area contributed by atoms with Crippen LogP contribution in [-0.2, 0) is 6.54 Å². The van der Waals surface area contributed by atoms with Gasteiger partial charge in [0.2, 0.25) is 0 Å². The summed E-state index contributed by atoms with van der Waals surface area (Å²) in [5.41, 5.74) is 0.843. The summed E-state index contributed by atoms with van der Waals surface area (Å²) in [7, 11) is 0. The van der Waals surface area contributed by atoms with Gasteiger partial charge in [0.15, 0.2) is 0 Å². The van der Waals surface area contributed by atoms with Gasteiger partial charge in [0, 0.05) is 24.7 Å². The lowest BCUT2D eigenvalue weighted by molar-refractivity contribution is 0.603. The van der Waals surface area contributed by atoms with Gasteiger partial charge in [0.05, 0.1) is 6.20 Å². The third kappa shape index (κ3) is 5.09. The van der Waals surface area contributed by atoms with Crippen LogP contribution in [0.2, 0.25) is 0 Å². The van der Waals surface area contributed by atoms with Crippen molar-refractivity contribution < 1.29 is 4.39 Å². The van der Waals surface area contributed by atoms with E-state index in [-0.39, 0.29) is 11.2 Å². The van der Waals surface area contributed by atoms with Crippen molar-refractivity contribution in [1.82, 2.24) is 10.3 Å². The van der Waals surface area contributed by atoms with Crippen molar-refractivity contribution in [3.05, 3.63) is 29.8 Å². The average molecular weight is 231 g/mol. The third-order valence-corrected chi connectivity index (χ3v) is 2.43. The van der Waals surface area contributed by atoms with Crippen molar-refractivity contribution in [1.29, 1.82) is 0 Å². The van der Waals surface area contributed by atoms with Gasteiger partial charge >= 0.3 is 0 Å². The molecule has 0 saturated heterocycles. The number of pyridine rings is 1. The molecule has 1 N–H and O–H groups in total. The zero-order valence-electron chi connectivity index (χ0n) is 8.84. The van der Waals surface area contributed by atoms with Crippen LogP contribution in [0, 0.1) is 5.82 Å². The van der Waals surface area contributed by atoms with Crippen LogP contribution in [0.4, 0.5) is 4.39 Å². The molecule has 15 heavy (non-hydrogen) atoms. The lowest BCUT2D eigenvalue weighted by atomic mass is 10.2. The summed E-state index contributed by atoms with van der Waals surface area (Å²) < 4.78 is 12.8. The maximum atomic E-state index is 12.8. The number of alkyl halides is 1. The minimum Gasteiger partial charge on any atom is -0.311 e. The van der Waals surface area contributed by atoms with Crippen LogP contribution in [-0.4, -0.2) is 16.9 Å². The van der Waals surface area contributed by atoms with Crippen LogP contribution in [0.3, 0.4) is 0 Å². The molecule has 1 aromatic heterocycles. The molecule has 0 aromatic carbocycles. The fraction of sp³-hybridized carbons (Fsp3) is 0.545. The second-order valence-electron chi connectivity index (χ2n) is 3.53. The quantitative estimate of drug-likeness (QED) is 0.761. The molecule has 2 nitrogen and oxygen atoms in total. The van der Waals surface area contributed by atoms with Gasteiger partial charge in [-0.1, -0.05) is 13.3 Å². The Morgan fingerprint density at radius 2 is 2.33 bits per heavy atom. The number of nitrogens with one attached hydrogen (secondary N) is 1. The highest BCUT2D eigenvalue weighted by atomic mass is 35.5. The third-order valence-electron chi connectivity index (χ3n) is 2.06. The van der Waals surface area contributed by atoms with Crippen LogP contribution >= 0.6 is 11.6 Å². The molecular weight excluding hydrogens is 215 g/mol. The van der Waals surface area contributed by atoms with Crippen molar-refractivity contribution in [2.75, 3.05) is 6.54 Å². The molecule has 0 amide bonds. The van der Waals surface area contributed by atoms with E-state index in [1.807, 2.05) is 0 Å². The van der Waals surface area contributed by atoms with Crippen LogP contribution in [0.1, 0.15) is 25.3 Å². The monoisotopic (exact) mass is 230 g/mol. The largest absolute Gasteiger partial charge is 0.311 e. The van der Waals surface area contributed by atoms with Crippen LogP contribution in [0.5, 0.6) is 0 Å². The van der Waals surface area contributed by atoms with Crippen LogP contribution < -0.4 is 5.32 Å². The Morgan fingerprint density at radius 1 is 1.53 bits per heavy atom. The Hall–Kier alpha value is -0.670. The number of hydrogen-bond donors (Lipinski definition) is 1. The normalized spacial score (nSPS) is 12.7. The van der Waals surface area contributed by atoms with E-state index in [0.29, 0.717) is 6.54 Å². The zero-order valence-corrected chi connectivity index (χ0v) is 9.60. The molecule has 0 aliphatic heterocycles. The number of rotatable bonds is 6. The first kappa shape index (κ1) is 12.4. The predicted molar refractivity (Wildman–Crippen MR) is 60.5 cm³/mol. The average Bonchev–Trinajstić information content (AvgIpc) is 2.18. The smallest absolute Gasteiger partial charge is 0.141 e. The highest BCUT2D eigenvalue weighted by Crippen LogP contribution is 2.04. The molecule has 1 atom stereocenters. The van der Waals surface area contributed by atoms with Gasteiger partial charge in [-0.25, -0.2) is 4.39 Å². The Labute approximate surface area is 94.9 Å². The second-order valence-corrected chi connectivity index (χ2v) is 4.15. The predicted octanol–water partition coefficient (Wildman–Crippen LogP) is 2.72. The fourth-order valence-corrected chi connectivity index (χ4v) is 1.67. The maximum Gasteiger partial charge on any atom is 0.141 e. The van der Waals surface area contributed by atoms with Crippen molar-refractivity contribution in [2.45, 2.75) is 31.7 Å². The first-order valence-electron chi connectivity index (χ1n) is 5.16. The summed E-state index contributed by atoms with van der Waals surface area (Å²) in [6.07, 6.45) is 4.93. The van der Waals surface area contributed by atoms with E-state index < -0.39 is 0 Å². The van der Waals surface area contributed by atoms with Crippen molar-refractivity contribution >= 4 is 11.6 Å². The van der Waals surface area contributed by atoms with E-state index in [0.717, 1.165) is 24.9 Å². The van der Waals surface area contributed by atoms with Crippen molar-refractivity contribution in [3.63, 3.8) is 0 Å². The van der Waals surface area contributed by atoms with Gasteiger partial charge in [-0.2, -0.15) is 0 Å². The summed E-state index contributed by atoms with van der Waals surface area (Å²) in [6, 6.07) is 1.48. The molecule has 0 aliphatic carbocycles. The van der Waals surface area contributed by atoms with Gasteiger partial charge in [-0.15, -0.1) is 11.6 Å². The summed E-state index contributed by atoms with van der Waals surface area (Å²) >= 11 is 6.03. The van der Waals surface area contributed by atoms with Gasteiger partial charge < -0.3 is 5.32 Å². The fourth-order valence-electron chi connectivity index (χ4n) is 1.34. The first-order valence-corrected chi connectivity index (χ1v) is 5.60. The Morgan fingerprint density at radius 3 is 3.00 bits per heavy atom. The summed E-state index contributed by atoms with van der Waals surface area (Å²) in [5.74, 6) is -0.301. The molecule has 4 heteroatoms. The molecular formula is C11H16ClFN2. The summed E-state index contributed by atoms with van der Waals surface area (Å²) in [5, 5.41) is 3.32. The highest BCUT2D eigenvalue weighted by molar-refractivity contribution is 6.20. The van der Waals surface area contributed by atoms with E-state index in [1.54, 1.807) is 6.20 Å². The first-order chi connectivity index (χ1) is 7.22. The molecule has 1 heterocycles. The molecule has 1 unspecified atom stereocenters. The van der Waals surface area contributed by atoms with E-state index in [2.05, 4.69) is 17.2 Å². The van der Waals surface area contributed by atoms with E-state index in [9.17, 15) is 4.39 Å². The number of halogens is 2. The molecule has 0 aliphatic rings. The minimum absolute atomic E-state index is 0.150. The second kappa shape index (κ2) is 6.75. The number of nitrogens with zero attached hydrogens (tertiary/aromatic N) is 1. The molecule has 0 bridgehead atoms. The van der Waals surface area contributed by atoms with Gasteiger partial charge in [-0.3, -0.25) is 4.98 Å². The molecule has 0 radical (unpaired) electrons. The summed E-state index contributed by atoms with van der Waals surface area (Å²) in [6.45, 7) is 3.45. The molecule has 1 aromatic rings. The van der Waals surface area contributed by atoms with Crippen molar-refractivity contribution in [3.8, 4) is 0 Å². The van der Waals surface area contributed by atoms with Gasteiger partial charge in [0.1, 0.15) is 5.82 Å². The Balaban J connectivity index is 2.25. The standard InChI is InChI=1S/C11H16ClFN2/c1-2-3-10(12)7-14-5-9-4-11(13)8-15-6-9/h4,6,8,10,14H,2-3,5,7H2,1H3. The maximum absolute atomic E-state index is 12.8. The van der Waals surface area contributed by atoms with Crippen LogP contribution in [0.25, 0.3) is 0 Å². The SMILES string of the molecule is CCCC(Cl)CNCc1cncc(F)c1. The molecule has 84 valence electrons. The Bertz CT molecular complexity index is 294. The van der Waals surface area contributed by atoms with E-state index in [4.69, 9.17) is 11.6 Å². The molecule has 1 rings (SSSR count). The van der Waals surface area contributed by atoms with Gasteiger partial charge in [0.25, 0.3) is 0 Å². The zero-order chi connectivity index (χ0) is 11.1. The minimum atomic E-state index is -0.301. The van der Waals surface area contributed by atoms with Crippen LogP contribution in [0.15, 0.2) is 18.5 Å². The van der Waals surface area contributed by atoms with E-state index >= 15 is 0 Å². The Kier molecular flexibility index (Phi) is 5.58. The lowest BCUT2D eigenvalue weighted by Crippen LogP contribution is -2.22. The molecule has 0 spiro atoms. The van der Waals surface area contributed by atoms with Crippen molar-refractivity contribution in [2.24, 2.45) is 0 Å². The molecule has 0 fully saturated rings. The van der Waals surface area contributed by atoms with E-state index in [1.165, 1.54) is 12.3 Å². The molecule has 0 saturated carbocycles. The number of aromatic nitrogens is 1. The number of hydrogen-bond acceptors (Lipinski definition) is 2. The lowest BCUT2D eigenvalue weighted by Gasteiger charge is -2.09. The van der Waals surface area contributed by atoms with Gasteiger partial charge in [-0.05, 0) is 18.1 Å². The summed E-state index contributed by atoms with van der Waals surface area (Å²) in [4.78, 5) is 3.77. The topological polar surface area (TPSA) is 24.9 Å².